The fourth-order valence-electron chi connectivity index (χ4n) is 3.99. The Morgan fingerprint density at radius 2 is 1.79 bits per heavy atom. The number of anilines is 1. The van der Waals surface area contributed by atoms with Crippen molar-refractivity contribution in [3.63, 3.8) is 0 Å². The first-order valence-corrected chi connectivity index (χ1v) is 10.0. The summed E-state index contributed by atoms with van der Waals surface area (Å²) in [5.74, 6) is 0.612. The van der Waals surface area contributed by atoms with Gasteiger partial charge in [0.1, 0.15) is 11.8 Å². The molecule has 1 amide bonds. The number of amides is 1. The molecule has 1 fully saturated rings. The van der Waals surface area contributed by atoms with Gasteiger partial charge in [-0.3, -0.25) is 4.79 Å². The number of aryl methyl sites for hydroxylation is 1. The van der Waals surface area contributed by atoms with Crippen LogP contribution in [0.15, 0.2) is 42.5 Å². The third kappa shape index (κ3) is 4.20. The van der Waals surface area contributed by atoms with Crippen molar-refractivity contribution in [2.75, 3.05) is 5.32 Å². The molecule has 4 nitrogen and oxygen atoms in total. The van der Waals surface area contributed by atoms with Crippen LogP contribution in [0.5, 0.6) is 5.75 Å². The lowest BCUT2D eigenvalue weighted by molar-refractivity contribution is -0.122. The monoisotopic (exact) mass is 376 g/mol. The van der Waals surface area contributed by atoms with Crippen LogP contribution >= 0.6 is 0 Å². The van der Waals surface area contributed by atoms with Crippen molar-refractivity contribution in [1.82, 2.24) is 0 Å². The molecule has 0 saturated heterocycles. The van der Waals surface area contributed by atoms with Gasteiger partial charge in [0.2, 0.25) is 5.91 Å². The average Bonchev–Trinajstić information content (AvgIpc) is 2.69. The van der Waals surface area contributed by atoms with E-state index >= 15 is 0 Å². The van der Waals surface area contributed by atoms with E-state index in [9.17, 15) is 10.1 Å². The van der Waals surface area contributed by atoms with E-state index in [-0.39, 0.29) is 12.0 Å². The summed E-state index contributed by atoms with van der Waals surface area (Å²) >= 11 is 0. The van der Waals surface area contributed by atoms with Gasteiger partial charge in [0.25, 0.3) is 0 Å². The van der Waals surface area contributed by atoms with Crippen LogP contribution in [-0.4, -0.2) is 12.0 Å². The van der Waals surface area contributed by atoms with Gasteiger partial charge in [-0.05, 0) is 51.3 Å². The second-order valence-electron chi connectivity index (χ2n) is 7.95. The molecule has 1 saturated carbocycles. The predicted octanol–water partition coefficient (Wildman–Crippen LogP) is 5.49. The summed E-state index contributed by atoms with van der Waals surface area (Å²) in [6.45, 7) is 5.93. The maximum Gasteiger partial charge on any atom is 0.235 e. The fourth-order valence-corrected chi connectivity index (χ4v) is 3.99. The molecule has 0 heterocycles. The number of ether oxygens (including phenoxy) is 1. The Bertz CT molecular complexity index is 872. The number of rotatable bonds is 5. The highest BCUT2D eigenvalue weighted by Gasteiger charge is 2.41. The molecule has 146 valence electrons. The Morgan fingerprint density at radius 3 is 2.39 bits per heavy atom. The maximum absolute atomic E-state index is 13.5. The summed E-state index contributed by atoms with van der Waals surface area (Å²) < 4.78 is 5.67. The smallest absolute Gasteiger partial charge is 0.235 e. The lowest BCUT2D eigenvalue weighted by atomic mass is 9.68. The summed E-state index contributed by atoms with van der Waals surface area (Å²) in [4.78, 5) is 13.5. The van der Waals surface area contributed by atoms with Crippen LogP contribution in [0.25, 0.3) is 0 Å². The van der Waals surface area contributed by atoms with Crippen LogP contribution in [-0.2, 0) is 10.2 Å². The Morgan fingerprint density at radius 1 is 1.11 bits per heavy atom. The van der Waals surface area contributed by atoms with Gasteiger partial charge < -0.3 is 10.1 Å². The molecule has 3 rings (SSSR count). The molecule has 28 heavy (non-hydrogen) atoms. The summed E-state index contributed by atoms with van der Waals surface area (Å²) in [6, 6.07) is 15.7. The van der Waals surface area contributed by atoms with E-state index in [0.717, 1.165) is 37.7 Å². The van der Waals surface area contributed by atoms with E-state index in [4.69, 9.17) is 4.74 Å². The van der Waals surface area contributed by atoms with Crippen molar-refractivity contribution in [3.05, 3.63) is 59.2 Å². The molecule has 0 spiro atoms. The SMILES string of the molecule is Cc1ccc(C2(C(=O)Nc3ccc(OC(C)C)cc3C#N)CCCCC2)cc1. The molecule has 0 aliphatic heterocycles. The van der Waals surface area contributed by atoms with Crippen molar-refractivity contribution in [3.8, 4) is 11.8 Å². The zero-order valence-electron chi connectivity index (χ0n) is 16.9. The van der Waals surface area contributed by atoms with Crippen molar-refractivity contribution >= 4 is 11.6 Å². The first-order valence-electron chi connectivity index (χ1n) is 10.0. The second-order valence-corrected chi connectivity index (χ2v) is 7.95. The number of carbonyl (C=O) groups excluding carboxylic acids is 1. The fraction of sp³-hybridized carbons (Fsp3) is 0.417. The minimum atomic E-state index is -0.536. The quantitative estimate of drug-likeness (QED) is 0.750. The van der Waals surface area contributed by atoms with Crippen LogP contribution in [0.3, 0.4) is 0 Å². The molecule has 4 heteroatoms. The van der Waals surface area contributed by atoms with Crippen molar-refractivity contribution in [2.24, 2.45) is 0 Å². The molecule has 2 aromatic carbocycles. The van der Waals surface area contributed by atoms with Gasteiger partial charge in [-0.1, -0.05) is 49.1 Å². The van der Waals surface area contributed by atoms with Crippen LogP contribution in [0.2, 0.25) is 0 Å². The summed E-state index contributed by atoms with van der Waals surface area (Å²) in [5, 5.41) is 12.6. The molecule has 0 aromatic heterocycles. The minimum Gasteiger partial charge on any atom is -0.491 e. The van der Waals surface area contributed by atoms with Crippen molar-refractivity contribution in [1.29, 1.82) is 5.26 Å². The van der Waals surface area contributed by atoms with Gasteiger partial charge in [0.05, 0.1) is 22.8 Å². The number of nitrogens with one attached hydrogen (secondary N) is 1. The topological polar surface area (TPSA) is 62.1 Å². The lowest BCUT2D eigenvalue weighted by Crippen LogP contribution is -2.42. The molecule has 1 aliphatic carbocycles. The highest BCUT2D eigenvalue weighted by molar-refractivity contribution is 6.00. The summed E-state index contributed by atoms with van der Waals surface area (Å²) in [7, 11) is 0. The number of carbonyl (C=O) groups is 1. The third-order valence-electron chi connectivity index (χ3n) is 5.48. The molecule has 1 N–H and O–H groups in total. The molecule has 0 atom stereocenters. The van der Waals surface area contributed by atoms with E-state index in [0.29, 0.717) is 17.0 Å². The van der Waals surface area contributed by atoms with Gasteiger partial charge in [0.15, 0.2) is 0 Å². The summed E-state index contributed by atoms with van der Waals surface area (Å²) in [6.07, 6.45) is 4.92. The Labute approximate surface area is 167 Å². The number of hydrogen-bond donors (Lipinski definition) is 1. The predicted molar refractivity (Wildman–Crippen MR) is 111 cm³/mol. The van der Waals surface area contributed by atoms with E-state index in [2.05, 4.69) is 42.6 Å². The van der Waals surface area contributed by atoms with Gasteiger partial charge in [0, 0.05) is 6.07 Å². The number of benzene rings is 2. The van der Waals surface area contributed by atoms with Gasteiger partial charge >= 0.3 is 0 Å². The standard InChI is InChI=1S/C24H28N2O2/c1-17(2)28-21-11-12-22(19(15-21)16-25)26-23(27)24(13-5-4-6-14-24)20-9-7-18(3)8-10-20/h7-12,15,17H,4-6,13-14H2,1-3H3,(H,26,27). The van der Waals surface area contributed by atoms with Gasteiger partial charge in [-0.15, -0.1) is 0 Å². The minimum absolute atomic E-state index is 0.0231. The Kier molecular flexibility index (Phi) is 6.04. The highest BCUT2D eigenvalue weighted by Crippen LogP contribution is 2.41. The van der Waals surface area contributed by atoms with E-state index in [1.165, 1.54) is 5.56 Å². The largest absolute Gasteiger partial charge is 0.491 e. The molecule has 0 bridgehead atoms. The zero-order valence-corrected chi connectivity index (χ0v) is 16.9. The number of nitriles is 1. The summed E-state index contributed by atoms with van der Waals surface area (Å²) in [5.41, 5.74) is 2.67. The zero-order chi connectivity index (χ0) is 20.1. The van der Waals surface area contributed by atoms with Crippen LogP contribution in [0.1, 0.15) is 62.6 Å². The Balaban J connectivity index is 1.90. The van der Waals surface area contributed by atoms with E-state index < -0.39 is 5.41 Å². The van der Waals surface area contributed by atoms with Gasteiger partial charge in [-0.2, -0.15) is 5.26 Å². The normalized spacial score (nSPS) is 15.7. The first-order chi connectivity index (χ1) is 13.4. The molecule has 2 aromatic rings. The van der Waals surface area contributed by atoms with E-state index in [1.54, 1.807) is 18.2 Å². The molecule has 0 unspecified atom stereocenters. The van der Waals surface area contributed by atoms with Crippen LogP contribution in [0, 0.1) is 18.3 Å². The Hall–Kier alpha value is -2.80. The molecular weight excluding hydrogens is 348 g/mol. The van der Waals surface area contributed by atoms with E-state index in [1.807, 2.05) is 13.8 Å². The van der Waals surface area contributed by atoms with Crippen molar-refractivity contribution in [2.45, 2.75) is 64.4 Å². The van der Waals surface area contributed by atoms with Gasteiger partial charge in [-0.25, -0.2) is 0 Å². The maximum atomic E-state index is 13.5. The highest BCUT2D eigenvalue weighted by atomic mass is 16.5. The average molecular weight is 377 g/mol. The lowest BCUT2D eigenvalue weighted by Gasteiger charge is -2.36. The molecular formula is C24H28N2O2. The molecule has 1 aliphatic rings. The third-order valence-corrected chi connectivity index (χ3v) is 5.48. The number of hydrogen-bond acceptors (Lipinski definition) is 3. The van der Waals surface area contributed by atoms with Crippen LogP contribution in [0.4, 0.5) is 5.69 Å². The second kappa shape index (κ2) is 8.48. The van der Waals surface area contributed by atoms with Crippen molar-refractivity contribution < 1.29 is 9.53 Å². The first kappa shape index (κ1) is 19.9. The van der Waals surface area contributed by atoms with Crippen LogP contribution < -0.4 is 10.1 Å². The number of nitrogens with zero attached hydrogens (tertiary/aromatic N) is 1. The molecule has 0 radical (unpaired) electrons.